The van der Waals surface area contributed by atoms with Gasteiger partial charge >= 0.3 is 0 Å². The van der Waals surface area contributed by atoms with Crippen LogP contribution in [0.5, 0.6) is 0 Å². The van der Waals surface area contributed by atoms with Gasteiger partial charge in [0.1, 0.15) is 5.82 Å². The lowest BCUT2D eigenvalue weighted by Crippen LogP contribution is -2.38. The van der Waals surface area contributed by atoms with Crippen LogP contribution in [0.1, 0.15) is 18.8 Å². The zero-order valence-corrected chi connectivity index (χ0v) is 10.7. The SMILES string of the molecule is CCn1ccnc1C(NC)C1CSCCO1. The number of aromatic nitrogens is 2. The van der Waals surface area contributed by atoms with E-state index >= 15 is 0 Å². The van der Waals surface area contributed by atoms with Crippen molar-refractivity contribution in [2.24, 2.45) is 0 Å². The summed E-state index contributed by atoms with van der Waals surface area (Å²) in [6.07, 6.45) is 4.12. The van der Waals surface area contributed by atoms with E-state index in [-0.39, 0.29) is 12.1 Å². The summed E-state index contributed by atoms with van der Waals surface area (Å²) in [7, 11) is 1.97. The second-order valence-electron chi connectivity index (χ2n) is 3.82. The predicted molar refractivity (Wildman–Crippen MR) is 66.8 cm³/mol. The van der Waals surface area contributed by atoms with Crippen LogP contribution in [0, 0.1) is 0 Å². The normalized spacial score (nSPS) is 23.2. The number of ether oxygens (including phenoxy) is 1. The van der Waals surface area contributed by atoms with Crippen molar-refractivity contribution in [2.45, 2.75) is 25.6 Å². The highest BCUT2D eigenvalue weighted by atomic mass is 32.2. The van der Waals surface area contributed by atoms with E-state index < -0.39 is 0 Å². The van der Waals surface area contributed by atoms with Crippen molar-refractivity contribution in [2.75, 3.05) is 25.2 Å². The quantitative estimate of drug-likeness (QED) is 0.862. The monoisotopic (exact) mass is 241 g/mol. The Hall–Kier alpha value is -0.520. The lowest BCUT2D eigenvalue weighted by Gasteiger charge is -2.29. The van der Waals surface area contributed by atoms with Crippen molar-refractivity contribution in [3.8, 4) is 0 Å². The number of thioether (sulfide) groups is 1. The first kappa shape index (κ1) is 12.0. The molecule has 0 amide bonds. The Morgan fingerprint density at radius 2 is 2.62 bits per heavy atom. The Bertz CT molecular complexity index is 323. The summed E-state index contributed by atoms with van der Waals surface area (Å²) < 4.78 is 7.99. The maximum absolute atomic E-state index is 5.82. The molecule has 1 aromatic heterocycles. The molecule has 1 fully saturated rings. The van der Waals surface area contributed by atoms with Crippen LogP contribution >= 0.6 is 11.8 Å². The third kappa shape index (κ3) is 2.42. The molecule has 5 heteroatoms. The number of rotatable bonds is 4. The number of nitrogens with one attached hydrogen (secondary N) is 1. The molecule has 0 saturated carbocycles. The first-order valence-corrected chi connectivity index (χ1v) is 6.90. The summed E-state index contributed by atoms with van der Waals surface area (Å²) in [6, 6.07) is 0.197. The first-order chi connectivity index (χ1) is 7.86. The largest absolute Gasteiger partial charge is 0.374 e. The van der Waals surface area contributed by atoms with Gasteiger partial charge in [-0.25, -0.2) is 4.98 Å². The lowest BCUT2D eigenvalue weighted by atomic mass is 10.1. The highest BCUT2D eigenvalue weighted by Gasteiger charge is 2.27. The van der Waals surface area contributed by atoms with Gasteiger partial charge in [0.15, 0.2) is 0 Å². The predicted octanol–water partition coefficient (Wildman–Crippen LogP) is 1.30. The fraction of sp³-hybridized carbons (Fsp3) is 0.727. The van der Waals surface area contributed by atoms with Crippen LogP contribution in [0.4, 0.5) is 0 Å². The molecule has 2 atom stereocenters. The standard InChI is InChI=1S/C11H19N3OS/c1-3-14-5-4-13-11(14)10(12-2)9-8-16-7-6-15-9/h4-5,9-10,12H,3,6-8H2,1-2H3. The van der Waals surface area contributed by atoms with Crippen LogP contribution in [0.25, 0.3) is 0 Å². The van der Waals surface area contributed by atoms with Gasteiger partial charge in [0.2, 0.25) is 0 Å². The Balaban J connectivity index is 2.14. The maximum Gasteiger partial charge on any atom is 0.128 e. The summed E-state index contributed by atoms with van der Waals surface area (Å²) in [4.78, 5) is 4.44. The Labute approximate surface area is 101 Å². The van der Waals surface area contributed by atoms with Gasteiger partial charge in [-0.05, 0) is 14.0 Å². The molecule has 16 heavy (non-hydrogen) atoms. The molecule has 1 aliphatic heterocycles. The topological polar surface area (TPSA) is 39.1 Å². The van der Waals surface area contributed by atoms with Crippen LogP contribution in [0.2, 0.25) is 0 Å². The van der Waals surface area contributed by atoms with E-state index in [4.69, 9.17) is 4.74 Å². The maximum atomic E-state index is 5.82. The van der Waals surface area contributed by atoms with E-state index in [1.54, 1.807) is 0 Å². The van der Waals surface area contributed by atoms with Gasteiger partial charge in [-0.1, -0.05) is 0 Å². The van der Waals surface area contributed by atoms with Crippen LogP contribution in [0.3, 0.4) is 0 Å². The molecule has 1 saturated heterocycles. The fourth-order valence-corrected chi connectivity index (χ4v) is 2.95. The number of hydrogen-bond donors (Lipinski definition) is 1. The molecular weight excluding hydrogens is 222 g/mol. The van der Waals surface area contributed by atoms with Crippen LogP contribution < -0.4 is 5.32 Å². The number of imidazole rings is 1. The van der Waals surface area contributed by atoms with Gasteiger partial charge in [0.05, 0.1) is 18.8 Å². The first-order valence-electron chi connectivity index (χ1n) is 5.74. The second-order valence-corrected chi connectivity index (χ2v) is 4.97. The zero-order valence-electron chi connectivity index (χ0n) is 9.85. The van der Waals surface area contributed by atoms with Gasteiger partial charge in [-0.15, -0.1) is 0 Å². The van der Waals surface area contributed by atoms with Crippen LogP contribution in [-0.2, 0) is 11.3 Å². The number of hydrogen-bond acceptors (Lipinski definition) is 4. The van der Waals surface area contributed by atoms with Crippen molar-refractivity contribution < 1.29 is 4.74 Å². The van der Waals surface area contributed by atoms with Gasteiger partial charge < -0.3 is 14.6 Å². The van der Waals surface area contributed by atoms with Crippen molar-refractivity contribution in [1.82, 2.24) is 14.9 Å². The minimum Gasteiger partial charge on any atom is -0.374 e. The van der Waals surface area contributed by atoms with E-state index in [0.717, 1.165) is 30.5 Å². The molecular formula is C11H19N3OS. The van der Waals surface area contributed by atoms with Crippen molar-refractivity contribution in [3.63, 3.8) is 0 Å². The van der Waals surface area contributed by atoms with Gasteiger partial charge in [0.25, 0.3) is 0 Å². The summed E-state index contributed by atoms with van der Waals surface area (Å²) in [5.74, 6) is 3.23. The van der Waals surface area contributed by atoms with Gasteiger partial charge in [0, 0.05) is 30.4 Å². The summed E-state index contributed by atoms with van der Waals surface area (Å²) in [6.45, 7) is 3.93. The summed E-state index contributed by atoms with van der Waals surface area (Å²) in [5.41, 5.74) is 0. The van der Waals surface area contributed by atoms with Crippen molar-refractivity contribution in [3.05, 3.63) is 18.2 Å². The van der Waals surface area contributed by atoms with Crippen molar-refractivity contribution in [1.29, 1.82) is 0 Å². The lowest BCUT2D eigenvalue weighted by molar-refractivity contribution is 0.0457. The molecule has 90 valence electrons. The second kappa shape index (κ2) is 5.70. The molecule has 0 spiro atoms. The van der Waals surface area contributed by atoms with E-state index in [9.17, 15) is 0 Å². The Kier molecular flexibility index (Phi) is 4.26. The third-order valence-electron chi connectivity index (χ3n) is 2.89. The van der Waals surface area contributed by atoms with Crippen molar-refractivity contribution >= 4 is 11.8 Å². The molecule has 0 bridgehead atoms. The average molecular weight is 241 g/mol. The smallest absolute Gasteiger partial charge is 0.128 e. The van der Waals surface area contributed by atoms with E-state index in [0.29, 0.717) is 0 Å². The van der Waals surface area contributed by atoms with E-state index in [1.165, 1.54) is 0 Å². The molecule has 0 radical (unpaired) electrons. The Morgan fingerprint density at radius 1 is 1.75 bits per heavy atom. The summed E-state index contributed by atoms with van der Waals surface area (Å²) >= 11 is 1.96. The Morgan fingerprint density at radius 3 is 3.25 bits per heavy atom. The molecule has 2 heterocycles. The molecule has 2 rings (SSSR count). The van der Waals surface area contributed by atoms with E-state index in [1.807, 2.05) is 31.2 Å². The fourth-order valence-electron chi connectivity index (χ4n) is 2.05. The molecule has 1 aliphatic rings. The number of nitrogens with zero attached hydrogens (tertiary/aromatic N) is 2. The van der Waals surface area contributed by atoms with E-state index in [2.05, 4.69) is 21.8 Å². The summed E-state index contributed by atoms with van der Waals surface area (Å²) in [5, 5.41) is 3.33. The molecule has 0 aliphatic carbocycles. The molecule has 4 nitrogen and oxygen atoms in total. The molecule has 1 N–H and O–H groups in total. The van der Waals surface area contributed by atoms with Gasteiger partial charge in [-0.2, -0.15) is 11.8 Å². The molecule has 0 aromatic carbocycles. The van der Waals surface area contributed by atoms with Gasteiger partial charge in [-0.3, -0.25) is 0 Å². The highest BCUT2D eigenvalue weighted by Crippen LogP contribution is 2.24. The van der Waals surface area contributed by atoms with Crippen LogP contribution in [-0.4, -0.2) is 40.8 Å². The minimum absolute atomic E-state index is 0.197. The molecule has 2 unspecified atom stereocenters. The highest BCUT2D eigenvalue weighted by molar-refractivity contribution is 7.99. The molecule has 1 aromatic rings. The zero-order chi connectivity index (χ0) is 11.4. The third-order valence-corrected chi connectivity index (χ3v) is 3.91. The number of aryl methyl sites for hydroxylation is 1. The number of likely N-dealkylation sites (N-methyl/N-ethyl adjacent to an activating group) is 1. The average Bonchev–Trinajstić information content (AvgIpc) is 2.80. The minimum atomic E-state index is 0.197. The van der Waals surface area contributed by atoms with Crippen LogP contribution in [0.15, 0.2) is 12.4 Å².